The van der Waals surface area contributed by atoms with E-state index in [1.54, 1.807) is 0 Å². The highest BCUT2D eigenvalue weighted by Crippen LogP contribution is 2.58. The van der Waals surface area contributed by atoms with Crippen LogP contribution in [0.2, 0.25) is 0 Å². The number of rotatable bonds is 2. The Bertz CT molecular complexity index is 2070. The van der Waals surface area contributed by atoms with Crippen molar-refractivity contribution < 1.29 is 4.74 Å². The van der Waals surface area contributed by atoms with Crippen molar-refractivity contribution in [2.75, 3.05) is 4.90 Å². The molecule has 3 heterocycles. The molecular weight excluding hydrogens is 512 g/mol. The lowest BCUT2D eigenvalue weighted by Crippen LogP contribution is -2.45. The largest absolute Gasteiger partial charge is 0.453 e. The molecule has 0 saturated heterocycles. The summed E-state index contributed by atoms with van der Waals surface area (Å²) in [6.07, 6.45) is 3.24. The maximum atomic E-state index is 6.67. The monoisotopic (exact) mass is 542 g/mol. The van der Waals surface area contributed by atoms with Gasteiger partial charge in [0.25, 0.3) is 0 Å². The molecule has 9 rings (SSSR count). The van der Waals surface area contributed by atoms with Gasteiger partial charge in [0.1, 0.15) is 5.76 Å². The van der Waals surface area contributed by atoms with Gasteiger partial charge in [0.15, 0.2) is 5.75 Å². The molecule has 0 fully saturated rings. The number of hydrogen-bond donors (Lipinski definition) is 0. The van der Waals surface area contributed by atoms with Crippen molar-refractivity contribution in [3.8, 4) is 11.4 Å². The predicted molar refractivity (Wildman–Crippen MR) is 173 cm³/mol. The molecule has 42 heavy (non-hydrogen) atoms. The van der Waals surface area contributed by atoms with Crippen molar-refractivity contribution in [2.24, 2.45) is 5.92 Å². The summed E-state index contributed by atoms with van der Waals surface area (Å²) in [5, 5.41) is 2.57. The van der Waals surface area contributed by atoms with Crippen LogP contribution in [0.1, 0.15) is 31.4 Å². The van der Waals surface area contributed by atoms with Crippen molar-refractivity contribution >= 4 is 38.8 Å². The first-order chi connectivity index (χ1) is 20.6. The van der Waals surface area contributed by atoms with Crippen molar-refractivity contribution in [2.45, 2.75) is 25.7 Å². The molecule has 0 amide bonds. The van der Waals surface area contributed by atoms with Crippen LogP contribution in [0.5, 0.6) is 5.75 Å². The van der Waals surface area contributed by atoms with Crippen LogP contribution in [0.4, 0.5) is 11.4 Å². The van der Waals surface area contributed by atoms with Gasteiger partial charge in [0.05, 0.1) is 22.4 Å². The van der Waals surface area contributed by atoms with Gasteiger partial charge in [0, 0.05) is 33.5 Å². The zero-order valence-corrected chi connectivity index (χ0v) is 23.7. The molecular formula is C39H30N2O. The Labute approximate surface area is 245 Å². The molecule has 5 aromatic carbocycles. The third-order valence-corrected chi connectivity index (χ3v) is 9.67. The van der Waals surface area contributed by atoms with Gasteiger partial charge in [-0.05, 0) is 71.7 Å². The summed E-state index contributed by atoms with van der Waals surface area (Å²) in [7, 11) is 0. The number of benzene rings is 5. The fraction of sp³-hybridized carbons (Fsp3) is 0.128. The minimum atomic E-state index is -0.0499. The van der Waals surface area contributed by atoms with Crippen LogP contribution in [0.3, 0.4) is 0 Å². The molecule has 1 unspecified atom stereocenters. The van der Waals surface area contributed by atoms with Gasteiger partial charge < -0.3 is 14.2 Å². The van der Waals surface area contributed by atoms with E-state index in [1.165, 1.54) is 55.6 Å². The van der Waals surface area contributed by atoms with Crippen molar-refractivity contribution in [3.63, 3.8) is 0 Å². The Morgan fingerprint density at radius 2 is 1.29 bits per heavy atom. The summed E-state index contributed by atoms with van der Waals surface area (Å²) < 4.78 is 9.05. The Morgan fingerprint density at radius 1 is 0.667 bits per heavy atom. The van der Waals surface area contributed by atoms with Gasteiger partial charge in [-0.15, -0.1) is 0 Å². The molecule has 0 spiro atoms. The zero-order valence-electron chi connectivity index (χ0n) is 23.7. The Hall–Kier alpha value is -5.02. The maximum absolute atomic E-state index is 6.67. The van der Waals surface area contributed by atoms with Crippen LogP contribution in [0.15, 0.2) is 139 Å². The highest BCUT2D eigenvalue weighted by Gasteiger charge is 2.48. The predicted octanol–water partition coefficient (Wildman–Crippen LogP) is 9.92. The molecule has 202 valence electrons. The smallest absolute Gasteiger partial charge is 0.151 e. The van der Waals surface area contributed by atoms with Crippen LogP contribution in [-0.2, 0) is 5.41 Å². The molecule has 6 aromatic rings. The SMILES string of the molecule is CC1(C)c2ccccc2N2C3=C(C=C(c4ccc(-n5c6ccccc6c6ccccc65)cc4)CC31)Oc1ccccc12. The second kappa shape index (κ2) is 8.50. The van der Waals surface area contributed by atoms with E-state index in [0.29, 0.717) is 0 Å². The maximum Gasteiger partial charge on any atom is 0.151 e. The summed E-state index contributed by atoms with van der Waals surface area (Å²) >= 11 is 0. The molecule has 0 N–H and O–H groups in total. The normalized spacial score (nSPS) is 18.3. The molecule has 2 aliphatic heterocycles. The van der Waals surface area contributed by atoms with Crippen molar-refractivity contribution in [3.05, 3.63) is 150 Å². The van der Waals surface area contributed by atoms with Crippen LogP contribution >= 0.6 is 0 Å². The number of nitrogens with zero attached hydrogens (tertiary/aromatic N) is 2. The number of ether oxygens (including phenoxy) is 1. The Balaban J connectivity index is 1.18. The van der Waals surface area contributed by atoms with Crippen molar-refractivity contribution in [1.82, 2.24) is 4.57 Å². The molecule has 1 aromatic heterocycles. The Morgan fingerprint density at radius 3 is 2.02 bits per heavy atom. The standard InChI is InChI=1S/C39H30N2O/c1-39(2)30-13-5-8-16-34(30)41-35-17-9-10-18-36(35)42-37-24-26(23-31(39)38(37)41)25-19-21-27(22-20-25)40-32-14-6-3-11-28(32)29-12-4-7-15-33(29)40/h3-22,24,31H,23H2,1-2H3. The van der Waals surface area contributed by atoms with E-state index < -0.39 is 0 Å². The number of hydrogen-bond acceptors (Lipinski definition) is 2. The van der Waals surface area contributed by atoms with E-state index in [9.17, 15) is 0 Å². The van der Waals surface area contributed by atoms with Crippen molar-refractivity contribution in [1.29, 1.82) is 0 Å². The minimum absolute atomic E-state index is 0.0499. The summed E-state index contributed by atoms with van der Waals surface area (Å²) in [4.78, 5) is 2.46. The van der Waals surface area contributed by atoms with E-state index in [0.717, 1.165) is 23.6 Å². The quantitative estimate of drug-likeness (QED) is 0.217. The first-order valence-corrected chi connectivity index (χ1v) is 14.8. The molecule has 0 radical (unpaired) electrons. The van der Waals surface area contributed by atoms with E-state index in [-0.39, 0.29) is 11.3 Å². The van der Waals surface area contributed by atoms with E-state index >= 15 is 0 Å². The van der Waals surface area contributed by atoms with Gasteiger partial charge >= 0.3 is 0 Å². The van der Waals surface area contributed by atoms with Crippen LogP contribution < -0.4 is 9.64 Å². The number of allylic oxidation sites excluding steroid dienone is 3. The summed E-state index contributed by atoms with van der Waals surface area (Å²) in [5.41, 5.74) is 11.2. The lowest BCUT2D eigenvalue weighted by atomic mass is 9.64. The number of para-hydroxylation sites is 5. The molecule has 1 aliphatic carbocycles. The highest BCUT2D eigenvalue weighted by atomic mass is 16.5. The summed E-state index contributed by atoms with van der Waals surface area (Å²) in [6, 6.07) is 43.8. The summed E-state index contributed by atoms with van der Waals surface area (Å²) in [5.74, 6) is 2.16. The van der Waals surface area contributed by atoms with E-state index in [4.69, 9.17) is 4.74 Å². The Kier molecular flexibility index (Phi) is 4.79. The summed E-state index contributed by atoms with van der Waals surface area (Å²) in [6.45, 7) is 4.79. The molecule has 1 atom stereocenters. The third-order valence-electron chi connectivity index (χ3n) is 9.67. The third kappa shape index (κ3) is 3.16. The molecule has 0 bridgehead atoms. The molecule has 3 nitrogen and oxygen atoms in total. The molecule has 3 heteroatoms. The average molecular weight is 543 g/mol. The number of aromatic nitrogens is 1. The van der Waals surface area contributed by atoms with E-state index in [2.05, 4.69) is 151 Å². The molecule has 0 saturated carbocycles. The second-order valence-electron chi connectivity index (χ2n) is 12.2. The van der Waals surface area contributed by atoms with E-state index in [1.807, 2.05) is 0 Å². The number of fused-ring (bicyclic) bond motifs is 7. The average Bonchev–Trinajstić information content (AvgIpc) is 3.37. The lowest BCUT2D eigenvalue weighted by Gasteiger charge is -2.51. The fourth-order valence-corrected chi connectivity index (χ4v) is 7.59. The van der Waals surface area contributed by atoms with Gasteiger partial charge in [-0.1, -0.05) is 92.7 Å². The fourth-order valence-electron chi connectivity index (χ4n) is 7.59. The number of anilines is 2. The first kappa shape index (κ1) is 23.7. The van der Waals surface area contributed by atoms with Gasteiger partial charge in [-0.3, -0.25) is 0 Å². The topological polar surface area (TPSA) is 17.4 Å². The molecule has 3 aliphatic rings. The van der Waals surface area contributed by atoms with Gasteiger partial charge in [0.2, 0.25) is 0 Å². The first-order valence-electron chi connectivity index (χ1n) is 14.8. The van der Waals surface area contributed by atoms with Gasteiger partial charge in [-0.2, -0.15) is 0 Å². The van der Waals surface area contributed by atoms with Crippen LogP contribution in [0, 0.1) is 5.92 Å². The zero-order chi connectivity index (χ0) is 28.0. The second-order valence-corrected chi connectivity index (χ2v) is 12.2. The van der Waals surface area contributed by atoms with Crippen LogP contribution in [-0.4, -0.2) is 4.57 Å². The van der Waals surface area contributed by atoms with Gasteiger partial charge in [-0.25, -0.2) is 0 Å². The van der Waals surface area contributed by atoms with Crippen LogP contribution in [0.25, 0.3) is 33.1 Å². The highest BCUT2D eigenvalue weighted by molar-refractivity contribution is 6.09. The lowest BCUT2D eigenvalue weighted by molar-refractivity contribution is 0.319. The minimum Gasteiger partial charge on any atom is -0.453 e.